The molecule has 0 heterocycles. The Balaban J connectivity index is 3.35. The third-order valence-electron chi connectivity index (χ3n) is 2.30. The fourth-order valence-electron chi connectivity index (χ4n) is 1.45. The van der Waals surface area contributed by atoms with Crippen LogP contribution in [0.25, 0.3) is 0 Å². The van der Waals surface area contributed by atoms with Gasteiger partial charge < -0.3 is 5.11 Å². The van der Waals surface area contributed by atoms with Crippen molar-refractivity contribution in [2.45, 2.75) is 4.90 Å². The number of aliphatic hydroxyl groups is 1. The van der Waals surface area contributed by atoms with E-state index in [1.54, 1.807) is 18.2 Å². The highest BCUT2D eigenvalue weighted by Gasteiger charge is 2.26. The van der Waals surface area contributed by atoms with E-state index in [-0.39, 0.29) is 10.5 Å². The Kier molecular flexibility index (Phi) is 5.71. The first-order chi connectivity index (χ1) is 9.57. The van der Waals surface area contributed by atoms with E-state index in [0.29, 0.717) is 0 Å². The quantitative estimate of drug-likeness (QED) is 0.623. The Labute approximate surface area is 117 Å². The second-order valence-corrected chi connectivity index (χ2v) is 5.45. The van der Waals surface area contributed by atoms with E-state index in [1.807, 2.05) is 0 Å². The van der Waals surface area contributed by atoms with Crippen molar-refractivity contribution in [3.63, 3.8) is 0 Å². The maximum absolute atomic E-state index is 12.4. The maximum Gasteiger partial charge on any atom is 0.246 e. The Morgan fingerprint density at radius 1 is 1.15 bits per heavy atom. The first kappa shape index (κ1) is 15.7. The number of hydrogen-bond acceptors (Lipinski definition) is 5. The second kappa shape index (κ2) is 7.28. The van der Waals surface area contributed by atoms with Gasteiger partial charge >= 0.3 is 0 Å². The molecule has 1 aromatic rings. The minimum Gasteiger partial charge on any atom is -0.384 e. The second-order valence-electron chi connectivity index (χ2n) is 3.55. The topological polar surface area (TPSA) is 105 Å². The molecule has 1 N–H and O–H groups in total. The molecule has 0 spiro atoms. The lowest BCUT2D eigenvalue weighted by atomic mass is 10.2. The molecular weight excluding hydrogens is 278 g/mol. The van der Waals surface area contributed by atoms with Crippen LogP contribution in [0.2, 0.25) is 0 Å². The standard InChI is InChI=1S/C13H11N3O3S/c14-7-9-16(10-8-15)20(18,19)13-6-2-1-4-12(13)5-3-11-17/h1-2,4,6,17H,9-11H2. The van der Waals surface area contributed by atoms with Crippen molar-refractivity contribution in [2.75, 3.05) is 19.7 Å². The number of nitrogens with zero attached hydrogens (tertiary/aromatic N) is 3. The van der Waals surface area contributed by atoms with Crippen molar-refractivity contribution < 1.29 is 13.5 Å². The normalized spacial score (nSPS) is 10.2. The molecular formula is C13H11N3O3S. The zero-order chi connectivity index (χ0) is 15.0. The van der Waals surface area contributed by atoms with Crippen LogP contribution in [0.3, 0.4) is 0 Å². The van der Waals surface area contributed by atoms with E-state index < -0.39 is 29.7 Å². The fourth-order valence-corrected chi connectivity index (χ4v) is 2.83. The van der Waals surface area contributed by atoms with Gasteiger partial charge in [0.05, 0.1) is 17.0 Å². The smallest absolute Gasteiger partial charge is 0.246 e. The lowest BCUT2D eigenvalue weighted by Gasteiger charge is -2.16. The molecule has 102 valence electrons. The molecule has 0 fully saturated rings. The first-order valence-corrected chi connectivity index (χ1v) is 6.94. The zero-order valence-corrected chi connectivity index (χ0v) is 11.3. The number of nitriles is 2. The summed E-state index contributed by atoms with van der Waals surface area (Å²) in [7, 11) is -3.98. The van der Waals surface area contributed by atoms with Gasteiger partial charge in [-0.15, -0.1) is 0 Å². The summed E-state index contributed by atoms with van der Waals surface area (Å²) in [5.41, 5.74) is 0.211. The number of sulfonamides is 1. The predicted molar refractivity (Wildman–Crippen MR) is 70.4 cm³/mol. The van der Waals surface area contributed by atoms with Gasteiger partial charge in [0.25, 0.3) is 0 Å². The summed E-state index contributed by atoms with van der Waals surface area (Å²) in [6.45, 7) is -1.23. The molecule has 0 aliphatic rings. The van der Waals surface area contributed by atoms with E-state index in [2.05, 4.69) is 11.8 Å². The molecule has 0 aliphatic heterocycles. The lowest BCUT2D eigenvalue weighted by Crippen LogP contribution is -2.32. The largest absolute Gasteiger partial charge is 0.384 e. The molecule has 0 aliphatic carbocycles. The molecule has 0 unspecified atom stereocenters. The summed E-state index contributed by atoms with van der Waals surface area (Å²) in [5, 5.41) is 26.0. The highest BCUT2D eigenvalue weighted by atomic mass is 32.2. The summed E-state index contributed by atoms with van der Waals surface area (Å²) < 4.78 is 25.5. The fraction of sp³-hybridized carbons (Fsp3) is 0.231. The number of hydrogen-bond donors (Lipinski definition) is 1. The van der Waals surface area contributed by atoms with Crippen molar-refractivity contribution in [1.82, 2.24) is 4.31 Å². The van der Waals surface area contributed by atoms with Crippen LogP contribution in [0.4, 0.5) is 0 Å². The van der Waals surface area contributed by atoms with E-state index in [9.17, 15) is 8.42 Å². The van der Waals surface area contributed by atoms with Gasteiger partial charge in [-0.25, -0.2) is 8.42 Å². The maximum atomic E-state index is 12.4. The van der Waals surface area contributed by atoms with Crippen molar-refractivity contribution in [1.29, 1.82) is 10.5 Å². The number of rotatable bonds is 4. The summed E-state index contributed by atoms with van der Waals surface area (Å²) in [6, 6.07) is 9.39. The van der Waals surface area contributed by atoms with Crippen LogP contribution < -0.4 is 0 Å². The van der Waals surface area contributed by atoms with Crippen molar-refractivity contribution in [3.8, 4) is 24.0 Å². The Hall–Kier alpha value is -2.37. The average molecular weight is 289 g/mol. The predicted octanol–water partition coefficient (Wildman–Crippen LogP) is 0.0683. The third-order valence-corrected chi connectivity index (χ3v) is 4.15. The molecule has 0 amide bonds. The van der Waals surface area contributed by atoms with E-state index in [4.69, 9.17) is 15.6 Å². The lowest BCUT2D eigenvalue weighted by molar-refractivity contribution is 0.350. The summed E-state index contributed by atoms with van der Waals surface area (Å²) in [5.74, 6) is 4.91. The van der Waals surface area contributed by atoms with Crippen LogP contribution in [0.5, 0.6) is 0 Å². The summed E-state index contributed by atoms with van der Waals surface area (Å²) in [6.07, 6.45) is 0. The van der Waals surface area contributed by atoms with Gasteiger partial charge in [0.15, 0.2) is 0 Å². The summed E-state index contributed by atoms with van der Waals surface area (Å²) >= 11 is 0. The number of benzene rings is 1. The molecule has 0 atom stereocenters. The molecule has 1 aromatic carbocycles. The van der Waals surface area contributed by atoms with Crippen LogP contribution in [0.1, 0.15) is 5.56 Å². The monoisotopic (exact) mass is 289 g/mol. The first-order valence-electron chi connectivity index (χ1n) is 5.50. The van der Waals surface area contributed by atoms with Crippen LogP contribution in [-0.4, -0.2) is 37.5 Å². The van der Waals surface area contributed by atoms with E-state index in [0.717, 1.165) is 4.31 Å². The minimum absolute atomic E-state index is 0.0912. The van der Waals surface area contributed by atoms with Crippen molar-refractivity contribution in [2.24, 2.45) is 0 Å². The van der Waals surface area contributed by atoms with Gasteiger partial charge in [0.2, 0.25) is 10.0 Å². The molecule has 0 aromatic heterocycles. The van der Waals surface area contributed by atoms with Crippen LogP contribution >= 0.6 is 0 Å². The zero-order valence-electron chi connectivity index (χ0n) is 10.4. The molecule has 7 heteroatoms. The molecule has 0 bridgehead atoms. The number of aliphatic hydroxyl groups excluding tert-OH is 1. The highest BCUT2D eigenvalue weighted by molar-refractivity contribution is 7.89. The van der Waals surface area contributed by atoms with Gasteiger partial charge in [-0.05, 0) is 12.1 Å². The molecule has 0 radical (unpaired) electrons. The molecule has 1 rings (SSSR count). The molecule has 20 heavy (non-hydrogen) atoms. The summed E-state index contributed by atoms with van der Waals surface area (Å²) in [4.78, 5) is -0.0912. The third kappa shape index (κ3) is 3.57. The van der Waals surface area contributed by atoms with Crippen LogP contribution in [-0.2, 0) is 10.0 Å². The molecule has 0 saturated carbocycles. The Morgan fingerprint density at radius 3 is 2.30 bits per heavy atom. The van der Waals surface area contributed by atoms with Crippen molar-refractivity contribution >= 4 is 10.0 Å². The van der Waals surface area contributed by atoms with Gasteiger partial charge in [0, 0.05) is 5.56 Å². The molecule has 6 nitrogen and oxygen atoms in total. The van der Waals surface area contributed by atoms with Crippen LogP contribution in [0.15, 0.2) is 29.2 Å². The molecule has 0 saturated heterocycles. The van der Waals surface area contributed by atoms with Crippen LogP contribution in [0, 0.1) is 34.5 Å². The highest BCUT2D eigenvalue weighted by Crippen LogP contribution is 2.19. The van der Waals surface area contributed by atoms with Crippen molar-refractivity contribution in [3.05, 3.63) is 29.8 Å². The van der Waals surface area contributed by atoms with Gasteiger partial charge in [-0.3, -0.25) is 0 Å². The van der Waals surface area contributed by atoms with E-state index in [1.165, 1.54) is 18.2 Å². The van der Waals surface area contributed by atoms with E-state index >= 15 is 0 Å². The van der Waals surface area contributed by atoms with Gasteiger partial charge in [0.1, 0.15) is 19.7 Å². The van der Waals surface area contributed by atoms with Gasteiger partial charge in [-0.2, -0.15) is 14.8 Å². The minimum atomic E-state index is -3.98. The Bertz CT molecular complexity index is 702. The SMILES string of the molecule is N#CCN(CC#N)S(=O)(=O)c1ccccc1C#CCO. The Morgan fingerprint density at radius 2 is 1.75 bits per heavy atom. The average Bonchev–Trinajstić information content (AvgIpc) is 2.45. The van der Waals surface area contributed by atoms with Gasteiger partial charge in [-0.1, -0.05) is 24.0 Å².